The molecule has 4 nitrogen and oxygen atoms in total. The van der Waals surface area contributed by atoms with Gasteiger partial charge in [-0.2, -0.15) is 0 Å². The topological polar surface area (TPSA) is 53.7 Å². The zero-order valence-corrected chi connectivity index (χ0v) is 17.3. The standard InChI is InChI=1S/C11H17NO.C10H14O2.ClH/c1-9(12)3-4-10-5-7-11(13-2)8-6-10;1-4-8-5-6-9(11-2)10(7-8)12-3;/h5-9H,3-4,12H2,1-2H3;5-7H,4H2,1-3H3;1H. The monoisotopic (exact) mass is 381 g/mol. The van der Waals surface area contributed by atoms with Crippen LogP contribution < -0.4 is 19.9 Å². The number of rotatable bonds is 7. The molecule has 2 N–H and O–H groups in total. The van der Waals surface area contributed by atoms with Gasteiger partial charge in [-0.25, -0.2) is 0 Å². The van der Waals surface area contributed by atoms with Gasteiger partial charge in [0.25, 0.3) is 0 Å². The molecule has 2 rings (SSSR count). The van der Waals surface area contributed by atoms with Crippen molar-refractivity contribution in [2.24, 2.45) is 5.73 Å². The van der Waals surface area contributed by atoms with E-state index >= 15 is 0 Å². The van der Waals surface area contributed by atoms with E-state index in [1.165, 1.54) is 11.1 Å². The zero-order valence-electron chi connectivity index (χ0n) is 16.5. The van der Waals surface area contributed by atoms with Crippen LogP contribution in [0.2, 0.25) is 0 Å². The highest BCUT2D eigenvalue weighted by Gasteiger charge is 2.02. The van der Waals surface area contributed by atoms with Crippen LogP contribution >= 0.6 is 12.4 Å². The molecule has 1 atom stereocenters. The summed E-state index contributed by atoms with van der Waals surface area (Å²) in [6.07, 6.45) is 3.09. The Bertz CT molecular complexity index is 615. The van der Waals surface area contributed by atoms with Crippen molar-refractivity contribution in [2.45, 2.75) is 39.2 Å². The number of benzene rings is 2. The quantitative estimate of drug-likeness (QED) is 0.757. The third-order valence-electron chi connectivity index (χ3n) is 3.90. The molecular formula is C21H32ClNO3. The van der Waals surface area contributed by atoms with Crippen molar-refractivity contribution in [3.05, 3.63) is 53.6 Å². The summed E-state index contributed by atoms with van der Waals surface area (Å²) in [6, 6.07) is 14.4. The van der Waals surface area contributed by atoms with Gasteiger partial charge in [0.1, 0.15) is 5.75 Å². The first-order valence-electron chi connectivity index (χ1n) is 8.63. The lowest BCUT2D eigenvalue weighted by Crippen LogP contribution is -2.15. The van der Waals surface area contributed by atoms with Crippen molar-refractivity contribution in [1.82, 2.24) is 0 Å². The smallest absolute Gasteiger partial charge is 0.160 e. The summed E-state index contributed by atoms with van der Waals surface area (Å²) in [5.74, 6) is 2.50. The Morgan fingerprint density at radius 2 is 1.42 bits per heavy atom. The van der Waals surface area contributed by atoms with Gasteiger partial charge in [-0.3, -0.25) is 0 Å². The Morgan fingerprint density at radius 1 is 0.846 bits per heavy atom. The summed E-state index contributed by atoms with van der Waals surface area (Å²) in [5.41, 5.74) is 8.25. The Kier molecular flexibility index (Phi) is 12.3. The van der Waals surface area contributed by atoms with Crippen molar-refractivity contribution < 1.29 is 14.2 Å². The zero-order chi connectivity index (χ0) is 18.7. The van der Waals surface area contributed by atoms with E-state index in [9.17, 15) is 0 Å². The molecule has 146 valence electrons. The summed E-state index contributed by atoms with van der Waals surface area (Å²) in [5, 5.41) is 0. The van der Waals surface area contributed by atoms with Gasteiger partial charge in [0, 0.05) is 6.04 Å². The molecule has 0 aromatic heterocycles. The van der Waals surface area contributed by atoms with Gasteiger partial charge < -0.3 is 19.9 Å². The molecular weight excluding hydrogens is 350 g/mol. The molecule has 0 radical (unpaired) electrons. The molecule has 2 aromatic carbocycles. The number of halogens is 1. The summed E-state index contributed by atoms with van der Waals surface area (Å²) in [7, 11) is 4.97. The van der Waals surface area contributed by atoms with E-state index in [-0.39, 0.29) is 18.4 Å². The van der Waals surface area contributed by atoms with Crippen molar-refractivity contribution in [3.63, 3.8) is 0 Å². The molecule has 0 spiro atoms. The normalized spacial score (nSPS) is 10.7. The van der Waals surface area contributed by atoms with Crippen LogP contribution in [0, 0.1) is 0 Å². The first-order chi connectivity index (χ1) is 12.0. The fourth-order valence-corrected chi connectivity index (χ4v) is 2.29. The summed E-state index contributed by atoms with van der Waals surface area (Å²) >= 11 is 0. The Labute approximate surface area is 164 Å². The van der Waals surface area contributed by atoms with Crippen molar-refractivity contribution >= 4 is 12.4 Å². The van der Waals surface area contributed by atoms with Gasteiger partial charge in [-0.15, -0.1) is 12.4 Å². The molecule has 0 aliphatic rings. The molecule has 0 saturated carbocycles. The van der Waals surface area contributed by atoms with E-state index in [0.717, 1.165) is 36.5 Å². The molecule has 1 unspecified atom stereocenters. The molecule has 0 fully saturated rings. The third-order valence-corrected chi connectivity index (χ3v) is 3.90. The molecule has 0 amide bonds. The number of hydrogen-bond donors (Lipinski definition) is 1. The molecule has 0 heterocycles. The fraction of sp³-hybridized carbons (Fsp3) is 0.429. The second kappa shape index (κ2) is 13.3. The number of methoxy groups -OCH3 is 3. The van der Waals surface area contributed by atoms with Crippen LogP contribution in [0.5, 0.6) is 17.2 Å². The van der Waals surface area contributed by atoms with Crippen LogP contribution in [0.4, 0.5) is 0 Å². The lowest BCUT2D eigenvalue weighted by Gasteiger charge is -2.07. The Morgan fingerprint density at radius 3 is 1.88 bits per heavy atom. The van der Waals surface area contributed by atoms with E-state index in [2.05, 4.69) is 19.1 Å². The first kappa shape index (κ1) is 24.1. The Balaban J connectivity index is 0.000000464. The van der Waals surface area contributed by atoms with Crippen LogP contribution in [-0.4, -0.2) is 27.4 Å². The van der Waals surface area contributed by atoms with E-state index < -0.39 is 0 Å². The van der Waals surface area contributed by atoms with Crippen molar-refractivity contribution in [3.8, 4) is 17.2 Å². The van der Waals surface area contributed by atoms with Gasteiger partial charge in [-0.05, 0) is 61.6 Å². The SMILES string of the molecule is CCc1ccc(OC)c(OC)c1.COc1ccc(CCC(C)N)cc1.Cl. The number of hydrogen-bond acceptors (Lipinski definition) is 4. The maximum Gasteiger partial charge on any atom is 0.160 e. The average Bonchev–Trinajstić information content (AvgIpc) is 2.66. The molecule has 5 heteroatoms. The molecule has 0 aliphatic carbocycles. The highest BCUT2D eigenvalue weighted by molar-refractivity contribution is 5.85. The van der Waals surface area contributed by atoms with E-state index in [1.807, 2.05) is 37.3 Å². The van der Waals surface area contributed by atoms with E-state index in [0.29, 0.717) is 0 Å². The highest BCUT2D eigenvalue weighted by Crippen LogP contribution is 2.27. The molecule has 0 saturated heterocycles. The Hall–Kier alpha value is -1.91. The predicted octanol–water partition coefficient (Wildman–Crippen LogP) is 4.66. The maximum absolute atomic E-state index is 5.67. The molecule has 0 bridgehead atoms. The van der Waals surface area contributed by atoms with E-state index in [1.54, 1.807) is 21.3 Å². The van der Waals surface area contributed by atoms with Gasteiger partial charge in [0.15, 0.2) is 11.5 Å². The molecule has 26 heavy (non-hydrogen) atoms. The fourth-order valence-electron chi connectivity index (χ4n) is 2.29. The second-order valence-electron chi connectivity index (χ2n) is 5.91. The minimum atomic E-state index is 0. The maximum atomic E-state index is 5.67. The summed E-state index contributed by atoms with van der Waals surface area (Å²) in [4.78, 5) is 0. The predicted molar refractivity (Wildman–Crippen MR) is 111 cm³/mol. The van der Waals surface area contributed by atoms with Crippen LogP contribution in [-0.2, 0) is 12.8 Å². The first-order valence-corrected chi connectivity index (χ1v) is 8.63. The number of nitrogens with two attached hydrogens (primary N) is 1. The van der Waals surface area contributed by atoms with Crippen LogP contribution in [0.15, 0.2) is 42.5 Å². The molecule has 0 aliphatic heterocycles. The number of aryl methyl sites for hydroxylation is 2. The minimum Gasteiger partial charge on any atom is -0.497 e. The van der Waals surface area contributed by atoms with E-state index in [4.69, 9.17) is 19.9 Å². The average molecular weight is 382 g/mol. The third kappa shape index (κ3) is 8.45. The van der Waals surface area contributed by atoms with Gasteiger partial charge in [0.05, 0.1) is 21.3 Å². The van der Waals surface area contributed by atoms with Gasteiger partial charge >= 0.3 is 0 Å². The van der Waals surface area contributed by atoms with Crippen LogP contribution in [0.25, 0.3) is 0 Å². The molecule has 2 aromatic rings. The van der Waals surface area contributed by atoms with Gasteiger partial charge in [-0.1, -0.05) is 25.1 Å². The summed E-state index contributed by atoms with van der Waals surface area (Å²) in [6.45, 7) is 4.14. The van der Waals surface area contributed by atoms with Crippen molar-refractivity contribution in [2.75, 3.05) is 21.3 Å². The second-order valence-corrected chi connectivity index (χ2v) is 5.91. The largest absolute Gasteiger partial charge is 0.497 e. The highest BCUT2D eigenvalue weighted by atomic mass is 35.5. The van der Waals surface area contributed by atoms with Gasteiger partial charge in [0.2, 0.25) is 0 Å². The minimum absolute atomic E-state index is 0. The van der Waals surface area contributed by atoms with Crippen LogP contribution in [0.1, 0.15) is 31.4 Å². The lowest BCUT2D eigenvalue weighted by molar-refractivity contribution is 0.354. The number of ether oxygens (including phenoxy) is 3. The van der Waals surface area contributed by atoms with Crippen molar-refractivity contribution in [1.29, 1.82) is 0 Å². The van der Waals surface area contributed by atoms with Crippen LogP contribution in [0.3, 0.4) is 0 Å². The summed E-state index contributed by atoms with van der Waals surface area (Å²) < 4.78 is 15.3. The lowest BCUT2D eigenvalue weighted by atomic mass is 10.1.